The molecule has 2 heterocycles. The van der Waals surface area contributed by atoms with Crippen LogP contribution in [0.2, 0.25) is 0 Å². The van der Waals surface area contributed by atoms with Crippen LogP contribution in [0.25, 0.3) is 22.3 Å². The van der Waals surface area contributed by atoms with Crippen molar-refractivity contribution in [2.45, 2.75) is 42.8 Å². The van der Waals surface area contributed by atoms with Gasteiger partial charge in [0.2, 0.25) is 5.91 Å². The van der Waals surface area contributed by atoms with E-state index in [4.69, 9.17) is 5.73 Å². The molecule has 0 fully saturated rings. The smallest absolute Gasteiger partial charge is 0.319 e. The summed E-state index contributed by atoms with van der Waals surface area (Å²) in [7, 11) is 0. The predicted molar refractivity (Wildman–Crippen MR) is 109 cm³/mol. The predicted octanol–water partition coefficient (Wildman–Crippen LogP) is 3.34. The van der Waals surface area contributed by atoms with Gasteiger partial charge in [-0.05, 0) is 58.0 Å². The van der Waals surface area contributed by atoms with E-state index in [0.29, 0.717) is 11.4 Å². The normalized spacial score (nSPS) is 12.3. The van der Waals surface area contributed by atoms with Crippen LogP contribution in [0.15, 0.2) is 41.6 Å². The third-order valence-electron chi connectivity index (χ3n) is 4.68. The van der Waals surface area contributed by atoms with E-state index in [1.165, 1.54) is 18.1 Å². The number of carbonyl (C=O) groups excluding carboxylic acids is 1. The Kier molecular flexibility index (Phi) is 4.93. The molecule has 0 unspecified atom stereocenters. The molecule has 0 aliphatic heterocycles. The molecular weight excluding hydrogens is 376 g/mol. The molecule has 0 spiro atoms. The number of primary amides is 1. The number of carboxylic acids is 1. The lowest BCUT2D eigenvalue weighted by Crippen LogP contribution is -2.36. The van der Waals surface area contributed by atoms with Gasteiger partial charge in [0.15, 0.2) is 0 Å². The highest BCUT2D eigenvalue weighted by molar-refractivity contribution is 8.01. The van der Waals surface area contributed by atoms with E-state index >= 15 is 0 Å². The standard InChI is InChI=1S/C20H22N4O3S/c1-19(2,17(21)25)16-9-14(22-10-23-16)15-8-11-7-12(5-6-13(11)24-15)28-20(3,4)18(26)27/h5-10,24H,1-4H3,(H2,21,25)(H,26,27). The first-order valence-electron chi connectivity index (χ1n) is 8.69. The molecule has 3 rings (SSSR count). The molecule has 28 heavy (non-hydrogen) atoms. The topological polar surface area (TPSA) is 122 Å². The minimum atomic E-state index is -0.922. The van der Waals surface area contributed by atoms with Crippen LogP contribution in [0.3, 0.4) is 0 Å². The number of H-pyrrole nitrogens is 1. The average molecular weight is 398 g/mol. The molecule has 0 radical (unpaired) electrons. The second-order valence-electron chi connectivity index (χ2n) is 7.63. The van der Waals surface area contributed by atoms with Crippen molar-refractivity contribution < 1.29 is 14.7 Å². The number of nitrogens with one attached hydrogen (secondary N) is 1. The number of fused-ring (bicyclic) bond motifs is 1. The summed E-state index contributed by atoms with van der Waals surface area (Å²) < 4.78 is -0.922. The van der Waals surface area contributed by atoms with Crippen molar-refractivity contribution in [1.82, 2.24) is 15.0 Å². The summed E-state index contributed by atoms with van der Waals surface area (Å²) in [6.45, 7) is 6.80. The van der Waals surface area contributed by atoms with Crippen LogP contribution in [-0.4, -0.2) is 36.7 Å². The molecule has 146 valence electrons. The molecule has 8 heteroatoms. The Morgan fingerprint density at radius 3 is 2.46 bits per heavy atom. The zero-order chi connectivity index (χ0) is 20.7. The van der Waals surface area contributed by atoms with Crippen LogP contribution in [-0.2, 0) is 15.0 Å². The summed E-state index contributed by atoms with van der Waals surface area (Å²) >= 11 is 1.29. The van der Waals surface area contributed by atoms with Gasteiger partial charge in [-0.1, -0.05) is 0 Å². The van der Waals surface area contributed by atoms with Gasteiger partial charge in [-0.25, -0.2) is 9.97 Å². The number of aromatic amines is 1. The van der Waals surface area contributed by atoms with Crippen molar-refractivity contribution in [2.75, 3.05) is 0 Å². The molecule has 0 bridgehead atoms. The molecule has 0 atom stereocenters. The molecular formula is C20H22N4O3S. The van der Waals surface area contributed by atoms with E-state index in [0.717, 1.165) is 21.5 Å². The lowest BCUT2D eigenvalue weighted by atomic mass is 9.88. The fourth-order valence-electron chi connectivity index (χ4n) is 2.62. The van der Waals surface area contributed by atoms with Crippen molar-refractivity contribution >= 4 is 34.5 Å². The monoisotopic (exact) mass is 398 g/mol. The van der Waals surface area contributed by atoms with Gasteiger partial charge in [-0.3, -0.25) is 9.59 Å². The second-order valence-corrected chi connectivity index (χ2v) is 9.32. The number of thioether (sulfide) groups is 1. The number of aromatic nitrogens is 3. The Labute approximate surface area is 166 Å². The van der Waals surface area contributed by atoms with Gasteiger partial charge in [0, 0.05) is 15.8 Å². The Morgan fingerprint density at radius 1 is 1.11 bits per heavy atom. The molecule has 3 aromatic rings. The average Bonchev–Trinajstić information content (AvgIpc) is 3.04. The molecule has 7 nitrogen and oxygen atoms in total. The number of aliphatic carboxylic acids is 1. The number of hydrogen-bond donors (Lipinski definition) is 3. The Bertz CT molecular complexity index is 1070. The maximum Gasteiger partial charge on any atom is 0.319 e. The number of amides is 1. The lowest BCUT2D eigenvalue weighted by Gasteiger charge is -2.19. The largest absolute Gasteiger partial charge is 0.480 e. The molecule has 0 aliphatic rings. The van der Waals surface area contributed by atoms with Crippen molar-refractivity contribution in [3.8, 4) is 11.4 Å². The van der Waals surface area contributed by atoms with Crippen LogP contribution in [0.4, 0.5) is 0 Å². The Morgan fingerprint density at radius 2 is 1.82 bits per heavy atom. The Balaban J connectivity index is 1.97. The number of carboxylic acid groups (broad SMARTS) is 1. The van der Waals surface area contributed by atoms with Crippen LogP contribution >= 0.6 is 11.8 Å². The van der Waals surface area contributed by atoms with Gasteiger partial charge in [0.1, 0.15) is 11.1 Å². The molecule has 2 aromatic heterocycles. The number of benzene rings is 1. The van der Waals surface area contributed by atoms with E-state index in [2.05, 4.69) is 15.0 Å². The van der Waals surface area contributed by atoms with Crippen LogP contribution in [0.5, 0.6) is 0 Å². The van der Waals surface area contributed by atoms with Gasteiger partial charge < -0.3 is 15.8 Å². The van der Waals surface area contributed by atoms with Crippen molar-refractivity contribution in [2.24, 2.45) is 5.73 Å². The fraction of sp³-hybridized carbons (Fsp3) is 0.300. The highest BCUT2D eigenvalue weighted by atomic mass is 32.2. The summed E-state index contributed by atoms with van der Waals surface area (Å²) in [6.07, 6.45) is 1.41. The van der Waals surface area contributed by atoms with Crippen LogP contribution in [0, 0.1) is 0 Å². The molecule has 1 aromatic carbocycles. The number of hydrogen-bond acceptors (Lipinski definition) is 5. The summed E-state index contributed by atoms with van der Waals surface area (Å²) in [5.41, 5.74) is 7.46. The number of nitrogens with two attached hydrogens (primary N) is 1. The van der Waals surface area contributed by atoms with E-state index < -0.39 is 22.0 Å². The van der Waals surface area contributed by atoms with Crippen molar-refractivity contribution in [3.63, 3.8) is 0 Å². The van der Waals surface area contributed by atoms with Crippen LogP contribution in [0.1, 0.15) is 33.4 Å². The summed E-state index contributed by atoms with van der Waals surface area (Å²) in [5, 5.41) is 10.3. The summed E-state index contributed by atoms with van der Waals surface area (Å²) in [5.74, 6) is -1.32. The molecule has 0 saturated heterocycles. The molecule has 1 amide bonds. The fourth-order valence-corrected chi connectivity index (χ4v) is 3.62. The Hall–Kier alpha value is -2.87. The van der Waals surface area contributed by atoms with E-state index in [1.807, 2.05) is 24.3 Å². The van der Waals surface area contributed by atoms with Crippen LogP contribution < -0.4 is 5.73 Å². The second kappa shape index (κ2) is 6.94. The lowest BCUT2D eigenvalue weighted by molar-refractivity contribution is -0.138. The maximum absolute atomic E-state index is 11.7. The van der Waals surface area contributed by atoms with Gasteiger partial charge in [0.05, 0.1) is 22.5 Å². The highest BCUT2D eigenvalue weighted by Crippen LogP contribution is 2.35. The van der Waals surface area contributed by atoms with Gasteiger partial charge in [-0.2, -0.15) is 0 Å². The molecule has 4 N–H and O–H groups in total. The van der Waals surface area contributed by atoms with Gasteiger partial charge in [0.25, 0.3) is 0 Å². The third-order valence-corrected chi connectivity index (χ3v) is 5.85. The molecule has 0 aliphatic carbocycles. The summed E-state index contributed by atoms with van der Waals surface area (Å²) in [6, 6.07) is 9.43. The number of rotatable bonds is 6. The quantitative estimate of drug-likeness (QED) is 0.547. The third kappa shape index (κ3) is 3.73. The highest BCUT2D eigenvalue weighted by Gasteiger charge is 2.30. The van der Waals surface area contributed by atoms with E-state index in [1.54, 1.807) is 33.8 Å². The first kappa shape index (κ1) is 19.9. The van der Waals surface area contributed by atoms with E-state index in [9.17, 15) is 14.7 Å². The van der Waals surface area contributed by atoms with Gasteiger partial charge >= 0.3 is 5.97 Å². The molecule has 0 saturated carbocycles. The minimum Gasteiger partial charge on any atom is -0.480 e. The number of nitrogens with zero attached hydrogens (tertiary/aromatic N) is 2. The van der Waals surface area contributed by atoms with Gasteiger partial charge in [-0.15, -0.1) is 11.8 Å². The first-order chi connectivity index (χ1) is 13.0. The zero-order valence-electron chi connectivity index (χ0n) is 16.1. The SMILES string of the molecule is CC(C)(Sc1ccc2[nH]c(-c3cc(C(C)(C)C(N)=O)ncn3)cc2c1)C(=O)O. The number of carbonyl (C=O) groups is 2. The first-order valence-corrected chi connectivity index (χ1v) is 9.50. The maximum atomic E-state index is 11.7. The zero-order valence-corrected chi connectivity index (χ0v) is 16.9. The van der Waals surface area contributed by atoms with Crippen molar-refractivity contribution in [3.05, 3.63) is 42.4 Å². The minimum absolute atomic E-state index is 0.462. The van der Waals surface area contributed by atoms with Crippen molar-refractivity contribution in [1.29, 1.82) is 0 Å². The van der Waals surface area contributed by atoms with E-state index in [-0.39, 0.29) is 0 Å². The summed E-state index contributed by atoms with van der Waals surface area (Å²) in [4.78, 5) is 35.8.